The van der Waals surface area contributed by atoms with E-state index in [9.17, 15) is 14.7 Å². The smallest absolute Gasteiger partial charge is 0.408 e. The minimum absolute atomic E-state index is 0.108. The van der Waals surface area contributed by atoms with Gasteiger partial charge in [-0.2, -0.15) is 0 Å². The number of para-hydroxylation sites is 1. The fourth-order valence-electron chi connectivity index (χ4n) is 7.83. The number of hydrogen-bond acceptors (Lipinski definition) is 3. The van der Waals surface area contributed by atoms with Gasteiger partial charge in [-0.3, -0.25) is 9.69 Å². The van der Waals surface area contributed by atoms with Crippen LogP contribution in [0.5, 0.6) is 0 Å². The maximum Gasteiger partial charge on any atom is 0.408 e. The minimum Gasteiger partial charge on any atom is -0.465 e. The number of imidazole rings is 1. The third-order valence-corrected chi connectivity index (χ3v) is 9.15. The molecule has 8 nitrogen and oxygen atoms in total. The molecule has 4 N–H and O–H groups in total. The predicted molar refractivity (Wildman–Crippen MR) is 136 cm³/mol. The lowest BCUT2D eigenvalue weighted by Gasteiger charge is -2.59. The molecule has 4 saturated carbocycles. The van der Waals surface area contributed by atoms with Crippen LogP contribution in [-0.4, -0.2) is 55.1 Å². The molecule has 36 heavy (non-hydrogen) atoms. The predicted octanol–water partition coefficient (Wildman–Crippen LogP) is 4.36. The van der Waals surface area contributed by atoms with Gasteiger partial charge < -0.3 is 20.4 Å². The van der Waals surface area contributed by atoms with E-state index < -0.39 is 11.6 Å². The molecule has 8 heteroatoms. The number of aromatic amines is 2. The summed E-state index contributed by atoms with van der Waals surface area (Å²) in [5.41, 5.74) is 1.66. The highest BCUT2D eigenvalue weighted by Crippen LogP contribution is 2.56. The van der Waals surface area contributed by atoms with Crippen LogP contribution in [0.2, 0.25) is 0 Å². The van der Waals surface area contributed by atoms with Gasteiger partial charge >= 0.3 is 6.09 Å². The third kappa shape index (κ3) is 3.96. The van der Waals surface area contributed by atoms with Gasteiger partial charge in [0.15, 0.2) is 0 Å². The van der Waals surface area contributed by atoms with Gasteiger partial charge in [-0.05, 0) is 74.3 Å². The van der Waals surface area contributed by atoms with Crippen LogP contribution in [0.25, 0.3) is 10.9 Å². The SMILES string of the molecule is CC(Cc1c[nH]c2ccccc12)(C(=O)NCCc1cnc[nH]1)N(C(=O)O)C1C2CC3CC(C2)CC1C3. The minimum atomic E-state index is -1.23. The normalized spacial score (nSPS) is 28.2. The van der Waals surface area contributed by atoms with Crippen LogP contribution < -0.4 is 5.32 Å². The van der Waals surface area contributed by atoms with E-state index in [0.717, 1.165) is 59.7 Å². The second-order valence-corrected chi connectivity index (χ2v) is 11.5. The first-order valence-corrected chi connectivity index (χ1v) is 13.2. The molecular formula is C28H35N5O3. The van der Waals surface area contributed by atoms with Gasteiger partial charge in [0.05, 0.1) is 6.33 Å². The van der Waals surface area contributed by atoms with Crippen molar-refractivity contribution >= 4 is 22.9 Å². The molecule has 2 heterocycles. The Balaban J connectivity index is 1.34. The standard InChI is InChI=1S/C28H35N5O3/c1-28(26(34)30-7-6-22-15-29-16-32-22,13-21-14-31-24-5-3-2-4-23(21)24)33(27(35)36)25-19-9-17-8-18(11-19)12-20(25)10-17/h2-5,14-20,25,31H,6-13H2,1H3,(H,29,32)(H,30,34)(H,35,36). The summed E-state index contributed by atoms with van der Waals surface area (Å²) in [7, 11) is 0. The van der Waals surface area contributed by atoms with Gasteiger partial charge in [-0.1, -0.05) is 18.2 Å². The molecule has 1 unspecified atom stereocenters. The maximum atomic E-state index is 14.0. The number of fused-ring (bicyclic) bond motifs is 1. The second kappa shape index (κ2) is 8.98. The van der Waals surface area contributed by atoms with Crippen molar-refractivity contribution < 1.29 is 14.7 Å². The van der Waals surface area contributed by atoms with Gasteiger partial charge in [0, 0.05) is 54.4 Å². The van der Waals surface area contributed by atoms with Crippen molar-refractivity contribution in [3.05, 3.63) is 54.2 Å². The number of aromatic nitrogens is 3. The molecule has 4 aliphatic rings. The summed E-state index contributed by atoms with van der Waals surface area (Å²) >= 11 is 0. The van der Waals surface area contributed by atoms with E-state index in [1.165, 1.54) is 6.42 Å². The molecule has 7 rings (SSSR count). The average molecular weight is 490 g/mol. The van der Waals surface area contributed by atoms with E-state index >= 15 is 0 Å². The summed E-state index contributed by atoms with van der Waals surface area (Å²) in [5, 5.41) is 14.8. The summed E-state index contributed by atoms with van der Waals surface area (Å²) in [4.78, 5) is 39.0. The molecule has 0 aliphatic heterocycles. The Bertz CT molecular complexity index is 1220. The van der Waals surface area contributed by atoms with E-state index in [-0.39, 0.29) is 11.9 Å². The number of rotatable bonds is 8. The van der Waals surface area contributed by atoms with E-state index in [1.54, 1.807) is 17.4 Å². The number of hydrogen-bond donors (Lipinski definition) is 4. The first-order valence-electron chi connectivity index (χ1n) is 13.2. The molecule has 4 bridgehead atoms. The Labute approximate surface area is 210 Å². The zero-order valence-electron chi connectivity index (χ0n) is 20.7. The summed E-state index contributed by atoms with van der Waals surface area (Å²) in [6.07, 6.45) is 10.9. The van der Waals surface area contributed by atoms with Gasteiger partial charge in [0.2, 0.25) is 5.91 Å². The summed E-state index contributed by atoms with van der Waals surface area (Å²) < 4.78 is 0. The molecule has 1 atom stereocenters. The highest BCUT2D eigenvalue weighted by molar-refractivity contribution is 5.91. The fraction of sp³-hybridized carbons (Fsp3) is 0.536. The quantitative estimate of drug-likeness (QED) is 0.376. The molecule has 190 valence electrons. The molecule has 4 aliphatic carbocycles. The van der Waals surface area contributed by atoms with Crippen molar-refractivity contribution in [2.45, 2.75) is 63.5 Å². The first-order chi connectivity index (χ1) is 17.4. The number of nitrogens with one attached hydrogen (secondary N) is 3. The van der Waals surface area contributed by atoms with Crippen LogP contribution in [0.1, 0.15) is 50.3 Å². The van der Waals surface area contributed by atoms with Crippen molar-refractivity contribution in [3.8, 4) is 0 Å². The molecule has 4 fully saturated rings. The van der Waals surface area contributed by atoms with Crippen LogP contribution in [-0.2, 0) is 17.6 Å². The average Bonchev–Trinajstić information content (AvgIpc) is 3.51. The van der Waals surface area contributed by atoms with Gasteiger partial charge in [0.1, 0.15) is 5.54 Å². The fourth-order valence-corrected chi connectivity index (χ4v) is 7.83. The van der Waals surface area contributed by atoms with Crippen molar-refractivity contribution in [3.63, 3.8) is 0 Å². The van der Waals surface area contributed by atoms with E-state index in [4.69, 9.17) is 0 Å². The molecule has 0 radical (unpaired) electrons. The van der Waals surface area contributed by atoms with Crippen LogP contribution in [0.4, 0.5) is 4.79 Å². The lowest BCUT2D eigenvalue weighted by molar-refractivity contribution is -0.140. The number of amides is 2. The number of H-pyrrole nitrogens is 2. The van der Waals surface area contributed by atoms with Crippen LogP contribution in [0.15, 0.2) is 43.0 Å². The van der Waals surface area contributed by atoms with Crippen molar-refractivity contribution in [1.29, 1.82) is 0 Å². The number of benzene rings is 1. The first kappa shape index (κ1) is 23.1. The Hall–Kier alpha value is -3.29. The van der Waals surface area contributed by atoms with Crippen molar-refractivity contribution in [2.75, 3.05) is 6.54 Å². The van der Waals surface area contributed by atoms with Gasteiger partial charge in [-0.15, -0.1) is 0 Å². The highest BCUT2D eigenvalue weighted by atomic mass is 16.4. The van der Waals surface area contributed by atoms with E-state index in [0.29, 0.717) is 31.2 Å². The van der Waals surface area contributed by atoms with Crippen LogP contribution in [0, 0.1) is 23.7 Å². The monoisotopic (exact) mass is 489 g/mol. The lowest BCUT2D eigenvalue weighted by Crippen LogP contribution is -2.68. The molecule has 0 spiro atoms. The Morgan fingerprint density at radius 2 is 1.83 bits per heavy atom. The second-order valence-electron chi connectivity index (χ2n) is 11.5. The van der Waals surface area contributed by atoms with Crippen LogP contribution >= 0.6 is 0 Å². The molecule has 3 aromatic rings. The number of carboxylic acid groups (broad SMARTS) is 1. The zero-order valence-corrected chi connectivity index (χ0v) is 20.7. The maximum absolute atomic E-state index is 14.0. The lowest BCUT2D eigenvalue weighted by atomic mass is 9.53. The number of nitrogens with zero attached hydrogens (tertiary/aromatic N) is 2. The number of carbonyl (C=O) groups excluding carboxylic acids is 1. The van der Waals surface area contributed by atoms with Crippen molar-refractivity contribution in [1.82, 2.24) is 25.2 Å². The molecule has 2 aromatic heterocycles. The zero-order chi connectivity index (χ0) is 24.9. The van der Waals surface area contributed by atoms with E-state index in [2.05, 4.69) is 20.3 Å². The largest absolute Gasteiger partial charge is 0.465 e. The van der Waals surface area contributed by atoms with Gasteiger partial charge in [0.25, 0.3) is 0 Å². The number of carbonyl (C=O) groups is 2. The summed E-state index contributed by atoms with van der Waals surface area (Å²) in [6, 6.07) is 7.89. The third-order valence-electron chi connectivity index (χ3n) is 9.15. The molecule has 1 aromatic carbocycles. The van der Waals surface area contributed by atoms with Crippen molar-refractivity contribution in [2.24, 2.45) is 23.7 Å². The molecule has 0 saturated heterocycles. The highest BCUT2D eigenvalue weighted by Gasteiger charge is 2.56. The molecular weight excluding hydrogens is 454 g/mol. The van der Waals surface area contributed by atoms with Crippen LogP contribution in [0.3, 0.4) is 0 Å². The summed E-state index contributed by atoms with van der Waals surface area (Å²) in [6.45, 7) is 2.25. The topological polar surface area (TPSA) is 114 Å². The Kier molecular flexibility index (Phi) is 5.77. The Morgan fingerprint density at radius 1 is 1.11 bits per heavy atom. The Morgan fingerprint density at radius 3 is 2.50 bits per heavy atom. The van der Waals surface area contributed by atoms with E-state index in [1.807, 2.05) is 37.4 Å². The van der Waals surface area contributed by atoms with Gasteiger partial charge in [-0.25, -0.2) is 9.78 Å². The molecule has 2 amide bonds. The summed E-state index contributed by atoms with van der Waals surface area (Å²) in [5.74, 6) is 1.91.